The SMILES string of the molecule is CCOC(=O)COc1ccccc1[C@@H](C#N)O[C@H]1O[C@@H]2O[C@]3(C)CCC4[C@H](C)CCC([C@H]1C)[C@]42OO3. The third-order valence-electron chi connectivity index (χ3n) is 8.34. The normalized spacial score (nSPS) is 39.9. The second-order valence-electron chi connectivity index (χ2n) is 10.6. The molecule has 1 aliphatic carbocycles. The summed E-state index contributed by atoms with van der Waals surface area (Å²) in [5.41, 5.74) is -0.180. The molecular formula is C27H35NO8. The lowest BCUT2D eigenvalue weighted by Crippen LogP contribution is -2.70. The molecule has 1 saturated carbocycles. The van der Waals surface area contributed by atoms with Crippen molar-refractivity contribution in [1.82, 2.24) is 0 Å². The van der Waals surface area contributed by atoms with Gasteiger partial charge < -0.3 is 23.7 Å². The van der Waals surface area contributed by atoms with Crippen molar-refractivity contribution in [2.75, 3.05) is 13.2 Å². The van der Waals surface area contributed by atoms with Gasteiger partial charge in [0.25, 0.3) is 0 Å². The van der Waals surface area contributed by atoms with E-state index in [0.717, 1.165) is 25.7 Å². The van der Waals surface area contributed by atoms with Gasteiger partial charge in [-0.25, -0.2) is 14.6 Å². The molecule has 5 aliphatic rings. The summed E-state index contributed by atoms with van der Waals surface area (Å²) in [4.78, 5) is 23.8. The third-order valence-corrected chi connectivity index (χ3v) is 8.34. The largest absolute Gasteiger partial charge is 0.481 e. The molecule has 2 unspecified atom stereocenters. The highest BCUT2D eigenvalue weighted by molar-refractivity contribution is 5.71. The van der Waals surface area contributed by atoms with Crippen molar-refractivity contribution in [3.05, 3.63) is 29.8 Å². The van der Waals surface area contributed by atoms with Crippen molar-refractivity contribution < 1.29 is 38.3 Å². The molecule has 1 spiro atoms. The van der Waals surface area contributed by atoms with Crippen LogP contribution in [0.25, 0.3) is 0 Å². The zero-order chi connectivity index (χ0) is 25.5. The minimum absolute atomic E-state index is 0.0747. The number of esters is 1. The number of carbonyl (C=O) groups excluding carboxylic acids is 1. The number of benzene rings is 1. The molecule has 0 amide bonds. The molecule has 1 aromatic carbocycles. The average Bonchev–Trinajstić information content (AvgIpc) is 3.10. The van der Waals surface area contributed by atoms with Crippen LogP contribution in [0.4, 0.5) is 0 Å². The van der Waals surface area contributed by atoms with Gasteiger partial charge in [-0.2, -0.15) is 5.26 Å². The lowest BCUT2D eigenvalue weighted by Gasteiger charge is -2.60. The topological polar surface area (TPSA) is 105 Å². The maximum Gasteiger partial charge on any atom is 0.344 e. The van der Waals surface area contributed by atoms with Gasteiger partial charge in [0.15, 0.2) is 30.9 Å². The van der Waals surface area contributed by atoms with E-state index in [1.165, 1.54) is 0 Å². The molecule has 9 nitrogen and oxygen atoms in total. The first-order valence-electron chi connectivity index (χ1n) is 12.9. The highest BCUT2D eigenvalue weighted by atomic mass is 17.3. The molecule has 196 valence electrons. The van der Waals surface area contributed by atoms with Gasteiger partial charge in [0.1, 0.15) is 5.75 Å². The van der Waals surface area contributed by atoms with Crippen molar-refractivity contribution in [2.24, 2.45) is 23.7 Å². The van der Waals surface area contributed by atoms with Gasteiger partial charge in [0.2, 0.25) is 5.79 Å². The Morgan fingerprint density at radius 1 is 1.19 bits per heavy atom. The molecule has 4 aliphatic heterocycles. The summed E-state index contributed by atoms with van der Waals surface area (Å²) in [7, 11) is 0. The zero-order valence-corrected chi connectivity index (χ0v) is 21.3. The van der Waals surface area contributed by atoms with E-state index in [1.807, 2.05) is 6.92 Å². The Balaban J connectivity index is 1.38. The quantitative estimate of drug-likeness (QED) is 0.396. The summed E-state index contributed by atoms with van der Waals surface area (Å²) >= 11 is 0. The second-order valence-corrected chi connectivity index (χ2v) is 10.6. The van der Waals surface area contributed by atoms with Crippen LogP contribution in [-0.2, 0) is 33.5 Å². The van der Waals surface area contributed by atoms with Gasteiger partial charge in [-0.05, 0) is 51.0 Å². The molecule has 9 heteroatoms. The second kappa shape index (κ2) is 9.92. The van der Waals surface area contributed by atoms with Gasteiger partial charge in [-0.15, -0.1) is 0 Å². The van der Waals surface area contributed by atoms with Crippen LogP contribution in [0.3, 0.4) is 0 Å². The Kier molecular flexibility index (Phi) is 7.01. The van der Waals surface area contributed by atoms with Crippen LogP contribution in [0.2, 0.25) is 0 Å². The maximum absolute atomic E-state index is 11.8. The first-order valence-corrected chi connectivity index (χ1v) is 12.9. The van der Waals surface area contributed by atoms with Gasteiger partial charge in [-0.3, -0.25) is 0 Å². The summed E-state index contributed by atoms with van der Waals surface area (Å²) in [6, 6.07) is 9.26. The molecule has 0 radical (unpaired) electrons. The predicted octanol–water partition coefficient (Wildman–Crippen LogP) is 4.42. The fraction of sp³-hybridized carbons (Fsp3) is 0.704. The van der Waals surface area contributed by atoms with E-state index in [9.17, 15) is 10.1 Å². The fourth-order valence-electron chi connectivity index (χ4n) is 6.50. The number of carbonyl (C=O) groups is 1. The van der Waals surface area contributed by atoms with Crippen LogP contribution < -0.4 is 4.74 Å². The number of rotatable bonds is 7. The number of ether oxygens (including phenoxy) is 5. The van der Waals surface area contributed by atoms with E-state index in [-0.39, 0.29) is 31.0 Å². The monoisotopic (exact) mass is 501 g/mol. The van der Waals surface area contributed by atoms with Gasteiger partial charge in [0.05, 0.1) is 12.7 Å². The molecule has 5 fully saturated rings. The number of nitriles is 1. The van der Waals surface area contributed by atoms with Gasteiger partial charge >= 0.3 is 5.97 Å². The van der Waals surface area contributed by atoms with Crippen molar-refractivity contribution in [2.45, 2.75) is 83.5 Å². The van der Waals surface area contributed by atoms with E-state index in [1.54, 1.807) is 31.2 Å². The Bertz CT molecular complexity index is 1010. The van der Waals surface area contributed by atoms with Crippen LogP contribution in [0.1, 0.15) is 65.0 Å². The summed E-state index contributed by atoms with van der Waals surface area (Å²) in [6.07, 6.45) is 1.34. The van der Waals surface area contributed by atoms with Gasteiger partial charge in [-0.1, -0.05) is 32.0 Å². The summed E-state index contributed by atoms with van der Waals surface area (Å²) < 4.78 is 29.8. The molecule has 4 heterocycles. The van der Waals surface area contributed by atoms with E-state index < -0.39 is 36.0 Å². The zero-order valence-electron chi connectivity index (χ0n) is 21.3. The van der Waals surface area contributed by atoms with Crippen LogP contribution in [0, 0.1) is 35.0 Å². The summed E-state index contributed by atoms with van der Waals surface area (Å²) in [5.74, 6) is -0.261. The van der Waals surface area contributed by atoms with Crippen LogP contribution in [-0.4, -0.2) is 43.2 Å². The van der Waals surface area contributed by atoms with Crippen molar-refractivity contribution in [3.8, 4) is 11.8 Å². The smallest absolute Gasteiger partial charge is 0.344 e. The molecule has 6 rings (SSSR count). The predicted molar refractivity (Wildman–Crippen MR) is 125 cm³/mol. The Morgan fingerprint density at radius 3 is 2.78 bits per heavy atom. The molecule has 2 bridgehead atoms. The number of para-hydroxylation sites is 1. The minimum Gasteiger partial charge on any atom is -0.481 e. The minimum atomic E-state index is -0.973. The van der Waals surface area contributed by atoms with Crippen molar-refractivity contribution >= 4 is 5.97 Å². The Hall–Kier alpha value is -2.22. The molecule has 36 heavy (non-hydrogen) atoms. The fourth-order valence-corrected chi connectivity index (χ4v) is 6.50. The first kappa shape index (κ1) is 25.4. The summed E-state index contributed by atoms with van der Waals surface area (Å²) in [6.45, 7) is 7.97. The Labute approximate surface area is 211 Å². The Morgan fingerprint density at radius 2 is 2.00 bits per heavy atom. The van der Waals surface area contributed by atoms with Crippen LogP contribution >= 0.6 is 0 Å². The summed E-state index contributed by atoms with van der Waals surface area (Å²) in [5, 5.41) is 10.1. The highest BCUT2D eigenvalue weighted by Gasteiger charge is 2.69. The van der Waals surface area contributed by atoms with Crippen molar-refractivity contribution in [3.63, 3.8) is 0 Å². The number of hydrogen-bond donors (Lipinski definition) is 0. The van der Waals surface area contributed by atoms with Crippen LogP contribution in [0.5, 0.6) is 5.75 Å². The van der Waals surface area contributed by atoms with Crippen molar-refractivity contribution in [1.29, 1.82) is 5.26 Å². The molecule has 9 atom stereocenters. The lowest BCUT2D eigenvalue weighted by atomic mass is 9.58. The number of fused-ring (bicyclic) bond motifs is 2. The number of hydrogen-bond acceptors (Lipinski definition) is 9. The van der Waals surface area contributed by atoms with E-state index >= 15 is 0 Å². The van der Waals surface area contributed by atoms with E-state index in [2.05, 4.69) is 19.9 Å². The molecule has 0 N–H and O–H groups in total. The van der Waals surface area contributed by atoms with Crippen LogP contribution in [0.15, 0.2) is 24.3 Å². The van der Waals surface area contributed by atoms with Gasteiger partial charge in [0, 0.05) is 23.8 Å². The number of nitrogens with zero attached hydrogens (tertiary/aromatic N) is 1. The lowest BCUT2D eigenvalue weighted by molar-refractivity contribution is -0.578. The third kappa shape index (κ3) is 4.29. The molecule has 1 aromatic rings. The molecular weight excluding hydrogens is 466 g/mol. The maximum atomic E-state index is 11.8. The van der Waals surface area contributed by atoms with E-state index in [4.69, 9.17) is 33.5 Å². The molecule has 4 saturated heterocycles. The molecule has 0 aromatic heterocycles. The van der Waals surface area contributed by atoms with E-state index in [0.29, 0.717) is 17.2 Å². The standard InChI is InChI=1S/C27H35NO8/c1-5-30-23(29)15-31-21-9-7-6-8-18(21)22(14-28)32-24-17(3)20-11-10-16(2)19-12-13-26(4)34-25(33-24)27(19,20)36-35-26/h6-9,16-17,19-20,22,24-25H,5,10-13,15H2,1-4H3/t16-,17-,19?,20?,22-,24+,25-,26+,27-/m1/s1. The first-order chi connectivity index (χ1) is 17.3. The highest BCUT2D eigenvalue weighted by Crippen LogP contribution is 2.60. The average molecular weight is 502 g/mol.